The molecule has 0 atom stereocenters. The third kappa shape index (κ3) is 4.98. The molecule has 5 heteroatoms. The molecule has 0 bridgehead atoms. The first kappa shape index (κ1) is 17.8. The summed E-state index contributed by atoms with van der Waals surface area (Å²) < 4.78 is 5.45. The van der Waals surface area contributed by atoms with E-state index >= 15 is 0 Å². The molecule has 1 aliphatic rings. The SMILES string of the molecule is CCC(CC)c1cc(CNC(=NC)NCC2(C)CCCC2)on1. The van der Waals surface area contributed by atoms with Crippen molar-refractivity contribution in [3.05, 3.63) is 17.5 Å². The molecule has 2 N–H and O–H groups in total. The van der Waals surface area contributed by atoms with Gasteiger partial charge in [0.1, 0.15) is 0 Å². The average molecular weight is 320 g/mol. The fraction of sp³-hybridized carbons (Fsp3) is 0.778. The largest absolute Gasteiger partial charge is 0.359 e. The molecule has 0 spiro atoms. The Morgan fingerprint density at radius 2 is 2.00 bits per heavy atom. The molecule has 1 heterocycles. The van der Waals surface area contributed by atoms with Gasteiger partial charge in [0.2, 0.25) is 0 Å². The maximum atomic E-state index is 5.45. The van der Waals surface area contributed by atoms with Crippen molar-refractivity contribution < 1.29 is 4.52 Å². The van der Waals surface area contributed by atoms with Crippen molar-refractivity contribution in [2.24, 2.45) is 10.4 Å². The van der Waals surface area contributed by atoms with Crippen LogP contribution in [0.25, 0.3) is 0 Å². The topological polar surface area (TPSA) is 62.5 Å². The van der Waals surface area contributed by atoms with E-state index in [1.54, 1.807) is 0 Å². The van der Waals surface area contributed by atoms with Gasteiger partial charge >= 0.3 is 0 Å². The highest BCUT2D eigenvalue weighted by Crippen LogP contribution is 2.36. The summed E-state index contributed by atoms with van der Waals surface area (Å²) in [6, 6.07) is 2.07. The molecule has 23 heavy (non-hydrogen) atoms. The normalized spacial score (nSPS) is 17.7. The Balaban J connectivity index is 1.81. The number of nitrogens with zero attached hydrogens (tertiary/aromatic N) is 2. The monoisotopic (exact) mass is 320 g/mol. The van der Waals surface area contributed by atoms with Crippen molar-refractivity contribution in [2.45, 2.75) is 71.8 Å². The Morgan fingerprint density at radius 3 is 2.61 bits per heavy atom. The van der Waals surface area contributed by atoms with E-state index in [-0.39, 0.29) is 0 Å². The molecule has 1 aromatic heterocycles. The highest BCUT2D eigenvalue weighted by Gasteiger charge is 2.28. The first-order valence-electron chi connectivity index (χ1n) is 9.00. The molecule has 0 aliphatic heterocycles. The van der Waals surface area contributed by atoms with Gasteiger partial charge in [-0.15, -0.1) is 0 Å². The number of hydrogen-bond acceptors (Lipinski definition) is 3. The number of hydrogen-bond donors (Lipinski definition) is 2. The maximum absolute atomic E-state index is 5.45. The van der Waals surface area contributed by atoms with Gasteiger partial charge in [-0.3, -0.25) is 4.99 Å². The molecule has 0 radical (unpaired) electrons. The van der Waals surface area contributed by atoms with Crippen LogP contribution in [0.3, 0.4) is 0 Å². The summed E-state index contributed by atoms with van der Waals surface area (Å²) in [5.74, 6) is 2.19. The van der Waals surface area contributed by atoms with Crippen LogP contribution in [0.5, 0.6) is 0 Å². The lowest BCUT2D eigenvalue weighted by Crippen LogP contribution is -2.41. The first-order chi connectivity index (χ1) is 11.1. The Bertz CT molecular complexity index is 499. The molecule has 5 nitrogen and oxygen atoms in total. The van der Waals surface area contributed by atoms with Crippen molar-refractivity contribution >= 4 is 5.96 Å². The summed E-state index contributed by atoms with van der Waals surface area (Å²) in [5, 5.41) is 11.0. The Kier molecular flexibility index (Phi) is 6.48. The van der Waals surface area contributed by atoms with Crippen molar-refractivity contribution in [3.63, 3.8) is 0 Å². The van der Waals surface area contributed by atoms with Crippen LogP contribution in [0.15, 0.2) is 15.6 Å². The molecule has 1 fully saturated rings. The number of aromatic nitrogens is 1. The number of nitrogens with one attached hydrogen (secondary N) is 2. The Morgan fingerprint density at radius 1 is 1.30 bits per heavy atom. The Hall–Kier alpha value is -1.52. The minimum atomic E-state index is 0.409. The summed E-state index contributed by atoms with van der Waals surface area (Å²) >= 11 is 0. The van der Waals surface area contributed by atoms with Crippen LogP contribution in [0.1, 0.15) is 76.7 Å². The summed E-state index contributed by atoms with van der Waals surface area (Å²) in [6.07, 6.45) is 7.49. The van der Waals surface area contributed by atoms with E-state index in [1.165, 1.54) is 25.7 Å². The molecular weight excluding hydrogens is 288 g/mol. The van der Waals surface area contributed by atoms with Gasteiger partial charge in [0.25, 0.3) is 0 Å². The highest BCUT2D eigenvalue weighted by atomic mass is 16.5. The summed E-state index contributed by atoms with van der Waals surface area (Å²) in [5.41, 5.74) is 1.47. The van der Waals surface area contributed by atoms with Crippen LogP contribution in [0, 0.1) is 5.41 Å². The Labute approximate surface area is 140 Å². The van der Waals surface area contributed by atoms with Gasteiger partial charge in [-0.2, -0.15) is 0 Å². The van der Waals surface area contributed by atoms with Crippen molar-refractivity contribution in [3.8, 4) is 0 Å². The molecule has 130 valence electrons. The summed E-state index contributed by atoms with van der Waals surface area (Å²) in [7, 11) is 1.81. The van der Waals surface area contributed by atoms with Gasteiger partial charge in [0, 0.05) is 25.6 Å². The molecule has 1 saturated carbocycles. The lowest BCUT2D eigenvalue weighted by Gasteiger charge is -2.24. The summed E-state index contributed by atoms with van der Waals surface area (Å²) in [6.45, 7) is 8.33. The van der Waals surface area contributed by atoms with Crippen LogP contribution < -0.4 is 10.6 Å². The van der Waals surface area contributed by atoms with Crippen LogP contribution in [0.2, 0.25) is 0 Å². The third-order valence-corrected chi connectivity index (χ3v) is 5.13. The maximum Gasteiger partial charge on any atom is 0.191 e. The van der Waals surface area contributed by atoms with Gasteiger partial charge in [-0.25, -0.2) is 0 Å². The number of rotatable bonds is 7. The molecule has 1 aromatic rings. The van der Waals surface area contributed by atoms with Crippen LogP contribution in [-0.2, 0) is 6.54 Å². The smallest absolute Gasteiger partial charge is 0.191 e. The van der Waals surface area contributed by atoms with Crippen LogP contribution in [0.4, 0.5) is 0 Å². The molecule has 1 aliphatic carbocycles. The first-order valence-corrected chi connectivity index (χ1v) is 9.00. The van der Waals surface area contributed by atoms with E-state index in [1.807, 2.05) is 7.05 Å². The zero-order chi connectivity index (χ0) is 16.7. The predicted octanol–water partition coefficient (Wildman–Crippen LogP) is 3.82. The molecule has 0 saturated heterocycles. The van der Waals surface area contributed by atoms with E-state index in [2.05, 4.69) is 47.6 Å². The zero-order valence-corrected chi connectivity index (χ0v) is 15.1. The van der Waals surface area contributed by atoms with Crippen LogP contribution >= 0.6 is 0 Å². The van der Waals surface area contributed by atoms with E-state index in [9.17, 15) is 0 Å². The van der Waals surface area contributed by atoms with Crippen molar-refractivity contribution in [1.29, 1.82) is 0 Å². The lowest BCUT2D eigenvalue weighted by atomic mass is 9.89. The van der Waals surface area contributed by atoms with E-state index < -0.39 is 0 Å². The van der Waals surface area contributed by atoms with E-state index in [0.717, 1.165) is 36.8 Å². The fourth-order valence-electron chi connectivity index (χ4n) is 3.41. The molecule has 2 rings (SSSR count). The average Bonchev–Trinajstić information content (AvgIpc) is 3.19. The lowest BCUT2D eigenvalue weighted by molar-refractivity contribution is 0.333. The van der Waals surface area contributed by atoms with E-state index in [4.69, 9.17) is 4.52 Å². The standard InChI is InChI=1S/C18H32N4O/c1-5-14(6-2)16-11-15(23-22-16)12-20-17(19-4)21-13-18(3)9-7-8-10-18/h11,14H,5-10,12-13H2,1-4H3,(H2,19,20,21). The quantitative estimate of drug-likeness (QED) is 0.592. The predicted molar refractivity (Wildman–Crippen MR) is 94.6 cm³/mol. The zero-order valence-electron chi connectivity index (χ0n) is 15.1. The fourth-order valence-corrected chi connectivity index (χ4v) is 3.41. The summed E-state index contributed by atoms with van der Waals surface area (Å²) in [4.78, 5) is 4.30. The number of aliphatic imine (C=N–C) groups is 1. The minimum absolute atomic E-state index is 0.409. The molecule has 0 aromatic carbocycles. The van der Waals surface area contributed by atoms with Gasteiger partial charge in [-0.1, -0.05) is 38.8 Å². The molecular formula is C18H32N4O. The van der Waals surface area contributed by atoms with E-state index in [0.29, 0.717) is 17.9 Å². The second kappa shape index (κ2) is 8.37. The minimum Gasteiger partial charge on any atom is -0.359 e. The van der Waals surface area contributed by atoms with Crippen molar-refractivity contribution in [2.75, 3.05) is 13.6 Å². The van der Waals surface area contributed by atoms with Gasteiger partial charge < -0.3 is 15.2 Å². The second-order valence-electron chi connectivity index (χ2n) is 7.03. The van der Waals surface area contributed by atoms with Gasteiger partial charge in [-0.05, 0) is 31.1 Å². The van der Waals surface area contributed by atoms with Gasteiger partial charge in [0.05, 0.1) is 12.2 Å². The molecule has 0 unspecified atom stereocenters. The van der Waals surface area contributed by atoms with Crippen molar-refractivity contribution in [1.82, 2.24) is 15.8 Å². The molecule has 0 amide bonds. The highest BCUT2D eigenvalue weighted by molar-refractivity contribution is 5.79. The second-order valence-corrected chi connectivity index (χ2v) is 7.03. The van der Waals surface area contributed by atoms with Gasteiger partial charge in [0.15, 0.2) is 11.7 Å². The van der Waals surface area contributed by atoms with Crippen LogP contribution in [-0.4, -0.2) is 24.7 Å². The number of guanidine groups is 1. The third-order valence-electron chi connectivity index (χ3n) is 5.13.